The normalized spacial score (nSPS) is 10.6. The predicted octanol–water partition coefficient (Wildman–Crippen LogP) is 4.10. The van der Waals surface area contributed by atoms with E-state index in [0.29, 0.717) is 47.7 Å². The van der Waals surface area contributed by atoms with Gasteiger partial charge in [0.2, 0.25) is 0 Å². The van der Waals surface area contributed by atoms with Gasteiger partial charge >= 0.3 is 0 Å². The highest BCUT2D eigenvalue weighted by atomic mass is 32.1. The predicted molar refractivity (Wildman–Crippen MR) is 129 cm³/mol. The van der Waals surface area contributed by atoms with E-state index < -0.39 is 11.8 Å². The molecule has 0 saturated heterocycles. The zero-order valence-electron chi connectivity index (χ0n) is 18.9. The number of nitrogens with one attached hydrogen (secondary N) is 3. The van der Waals surface area contributed by atoms with E-state index in [1.165, 1.54) is 0 Å². The van der Waals surface area contributed by atoms with Crippen LogP contribution in [0.2, 0.25) is 0 Å². The van der Waals surface area contributed by atoms with Crippen LogP contribution in [-0.2, 0) is 0 Å². The van der Waals surface area contributed by atoms with E-state index in [1.807, 2.05) is 0 Å². The lowest BCUT2D eigenvalue weighted by Gasteiger charge is -2.14. The number of thiocarbonyl (C=S) groups is 1. The average molecular weight is 458 g/mol. The zero-order chi connectivity index (χ0) is 23.5. The highest BCUT2D eigenvalue weighted by molar-refractivity contribution is 7.80. The summed E-state index contributed by atoms with van der Waals surface area (Å²) in [5.74, 6) is 1.27. The third-order valence-electron chi connectivity index (χ3n) is 4.30. The fourth-order valence-electron chi connectivity index (χ4n) is 2.54. The quantitative estimate of drug-likeness (QED) is 0.388. The van der Waals surface area contributed by atoms with Crippen molar-refractivity contribution in [2.24, 2.45) is 11.8 Å². The Morgan fingerprint density at radius 1 is 0.875 bits per heavy atom. The van der Waals surface area contributed by atoms with Gasteiger partial charge in [-0.1, -0.05) is 39.8 Å². The number of para-hydroxylation sites is 1. The first kappa shape index (κ1) is 25.1. The summed E-state index contributed by atoms with van der Waals surface area (Å²) in [7, 11) is 0. The van der Waals surface area contributed by atoms with Crippen LogP contribution in [0, 0.1) is 11.8 Å². The molecule has 32 heavy (non-hydrogen) atoms. The first-order valence-corrected chi connectivity index (χ1v) is 11.0. The lowest BCUT2D eigenvalue weighted by atomic mass is 10.1. The molecule has 3 N–H and O–H groups in total. The van der Waals surface area contributed by atoms with Crippen molar-refractivity contribution in [3.05, 3.63) is 59.7 Å². The fourth-order valence-corrected chi connectivity index (χ4v) is 2.68. The molecular weight excluding hydrogens is 426 g/mol. The number of carbonyl (C=O) groups excluding carboxylic acids is 2. The zero-order valence-corrected chi connectivity index (χ0v) is 19.8. The van der Waals surface area contributed by atoms with Crippen LogP contribution in [0.5, 0.6) is 11.5 Å². The van der Waals surface area contributed by atoms with Gasteiger partial charge in [0.1, 0.15) is 11.5 Å². The summed E-state index contributed by atoms with van der Waals surface area (Å²) in [6.45, 7) is 9.46. The molecule has 0 saturated carbocycles. The van der Waals surface area contributed by atoms with Crippen molar-refractivity contribution in [3.8, 4) is 11.5 Å². The summed E-state index contributed by atoms with van der Waals surface area (Å²) in [6.07, 6.45) is 0.882. The van der Waals surface area contributed by atoms with Crippen LogP contribution >= 0.6 is 12.2 Å². The summed E-state index contributed by atoms with van der Waals surface area (Å²) in [5.41, 5.74) is 5.80. The molecule has 172 valence electrons. The summed E-state index contributed by atoms with van der Waals surface area (Å²) in [4.78, 5) is 24.9. The summed E-state index contributed by atoms with van der Waals surface area (Å²) in [6, 6.07) is 13.7. The maximum Gasteiger partial charge on any atom is 0.269 e. The van der Waals surface area contributed by atoms with E-state index in [4.69, 9.17) is 21.7 Å². The Bertz CT molecular complexity index is 914. The van der Waals surface area contributed by atoms with E-state index in [-0.39, 0.29) is 5.11 Å². The molecule has 0 heterocycles. The van der Waals surface area contributed by atoms with Crippen molar-refractivity contribution in [1.82, 2.24) is 16.2 Å². The Kier molecular flexibility index (Phi) is 9.94. The number of hydrogen-bond donors (Lipinski definition) is 3. The molecule has 0 unspecified atom stereocenters. The standard InChI is InChI=1S/C24H31N3O4S/c1-16(2)13-14-30-21-8-6-5-7-20(21)23(29)25-24(32)27-26-22(28)18-9-11-19(12-10-18)31-15-17(3)4/h5-12,16-17H,13-15H2,1-4H3,(H,26,28)(H2,25,27,29,32). The number of carbonyl (C=O) groups is 2. The fraction of sp³-hybridized carbons (Fsp3) is 0.375. The van der Waals surface area contributed by atoms with Crippen LogP contribution in [0.25, 0.3) is 0 Å². The smallest absolute Gasteiger partial charge is 0.269 e. The minimum Gasteiger partial charge on any atom is -0.493 e. The largest absolute Gasteiger partial charge is 0.493 e. The minimum atomic E-state index is -0.427. The summed E-state index contributed by atoms with van der Waals surface area (Å²) < 4.78 is 11.3. The number of hydrogen-bond acceptors (Lipinski definition) is 5. The Balaban J connectivity index is 1.85. The van der Waals surface area contributed by atoms with E-state index in [0.717, 1.165) is 6.42 Å². The lowest BCUT2D eigenvalue weighted by molar-refractivity contribution is 0.0933. The van der Waals surface area contributed by atoms with Crippen LogP contribution in [0.1, 0.15) is 54.8 Å². The van der Waals surface area contributed by atoms with Gasteiger partial charge in [-0.25, -0.2) is 0 Å². The van der Waals surface area contributed by atoms with Gasteiger partial charge in [0.25, 0.3) is 11.8 Å². The van der Waals surface area contributed by atoms with Crippen molar-refractivity contribution < 1.29 is 19.1 Å². The van der Waals surface area contributed by atoms with Crippen LogP contribution < -0.4 is 25.6 Å². The summed E-state index contributed by atoms with van der Waals surface area (Å²) >= 11 is 5.12. The second-order valence-electron chi connectivity index (χ2n) is 8.12. The van der Waals surface area contributed by atoms with E-state index in [2.05, 4.69) is 43.9 Å². The molecule has 0 bridgehead atoms. The maximum absolute atomic E-state index is 12.6. The molecule has 0 fully saturated rings. The highest BCUT2D eigenvalue weighted by Crippen LogP contribution is 2.18. The monoisotopic (exact) mass is 457 g/mol. The van der Waals surface area contributed by atoms with Crippen molar-refractivity contribution in [3.63, 3.8) is 0 Å². The number of hydrazine groups is 1. The van der Waals surface area contributed by atoms with Gasteiger partial charge in [-0.15, -0.1) is 0 Å². The molecule has 2 amide bonds. The van der Waals surface area contributed by atoms with Gasteiger partial charge in [0.05, 0.1) is 18.8 Å². The number of ether oxygens (including phenoxy) is 2. The molecule has 0 aliphatic rings. The number of benzene rings is 2. The van der Waals surface area contributed by atoms with Crippen LogP contribution in [0.4, 0.5) is 0 Å². The van der Waals surface area contributed by atoms with Crippen molar-refractivity contribution in [2.75, 3.05) is 13.2 Å². The van der Waals surface area contributed by atoms with E-state index >= 15 is 0 Å². The van der Waals surface area contributed by atoms with E-state index in [1.54, 1.807) is 48.5 Å². The average Bonchev–Trinajstić information content (AvgIpc) is 2.76. The Morgan fingerprint density at radius 2 is 1.56 bits per heavy atom. The Labute approximate surface area is 194 Å². The summed E-state index contributed by atoms with van der Waals surface area (Å²) in [5, 5.41) is 2.52. The third kappa shape index (κ3) is 8.55. The van der Waals surface area contributed by atoms with Crippen LogP contribution in [-0.4, -0.2) is 30.1 Å². The molecule has 7 nitrogen and oxygen atoms in total. The first-order chi connectivity index (χ1) is 15.3. The van der Waals surface area contributed by atoms with Gasteiger partial charge in [-0.2, -0.15) is 0 Å². The molecule has 2 aromatic carbocycles. The van der Waals surface area contributed by atoms with E-state index in [9.17, 15) is 9.59 Å². The molecule has 0 aliphatic heterocycles. The van der Waals surface area contributed by atoms with Gasteiger partial charge < -0.3 is 9.47 Å². The second kappa shape index (κ2) is 12.7. The van der Waals surface area contributed by atoms with Gasteiger partial charge in [0, 0.05) is 5.56 Å². The topological polar surface area (TPSA) is 88.7 Å². The van der Waals surface area contributed by atoms with Crippen LogP contribution in [0.15, 0.2) is 48.5 Å². The van der Waals surface area contributed by atoms with Crippen molar-refractivity contribution in [1.29, 1.82) is 0 Å². The minimum absolute atomic E-state index is 0.0304. The first-order valence-electron chi connectivity index (χ1n) is 10.6. The number of amides is 2. The highest BCUT2D eigenvalue weighted by Gasteiger charge is 2.14. The van der Waals surface area contributed by atoms with Crippen LogP contribution in [0.3, 0.4) is 0 Å². The second-order valence-corrected chi connectivity index (χ2v) is 8.53. The number of rotatable bonds is 9. The van der Waals surface area contributed by atoms with Crippen molar-refractivity contribution >= 4 is 29.1 Å². The molecule has 0 atom stereocenters. The third-order valence-corrected chi connectivity index (χ3v) is 4.51. The molecule has 0 spiro atoms. The maximum atomic E-state index is 12.6. The Morgan fingerprint density at radius 3 is 2.22 bits per heavy atom. The molecule has 2 rings (SSSR count). The van der Waals surface area contributed by atoms with Gasteiger partial charge in [-0.3, -0.25) is 25.8 Å². The molecular formula is C24H31N3O4S. The molecule has 8 heteroatoms. The SMILES string of the molecule is CC(C)CCOc1ccccc1C(=O)NC(=S)NNC(=O)c1ccc(OCC(C)C)cc1. The molecule has 0 aliphatic carbocycles. The lowest BCUT2D eigenvalue weighted by Crippen LogP contribution is -2.48. The molecule has 2 aromatic rings. The van der Waals surface area contributed by atoms with Gasteiger partial charge in [0.15, 0.2) is 5.11 Å². The molecule has 0 radical (unpaired) electrons. The van der Waals surface area contributed by atoms with Crippen molar-refractivity contribution in [2.45, 2.75) is 34.1 Å². The Hall–Kier alpha value is -3.13. The molecule has 0 aromatic heterocycles. The van der Waals surface area contributed by atoms with Gasteiger partial charge in [-0.05, 0) is 66.9 Å².